The first-order valence-electron chi connectivity index (χ1n) is 7.62. The molecule has 1 aliphatic rings. The van der Waals surface area contributed by atoms with Gasteiger partial charge in [-0.05, 0) is 50.7 Å². The maximum atomic E-state index is 6.31. The van der Waals surface area contributed by atoms with Crippen LogP contribution >= 0.6 is 11.3 Å². The molecule has 1 aliphatic carbocycles. The number of aryl methyl sites for hydroxylation is 1. The van der Waals surface area contributed by atoms with Gasteiger partial charge in [0, 0.05) is 17.0 Å². The summed E-state index contributed by atoms with van der Waals surface area (Å²) >= 11 is 1.86. The molecule has 0 radical (unpaired) electrons. The Balaban J connectivity index is 2.16. The van der Waals surface area contributed by atoms with Gasteiger partial charge in [0.05, 0.1) is 6.04 Å². The van der Waals surface area contributed by atoms with E-state index in [0.717, 1.165) is 0 Å². The molecule has 0 aromatic carbocycles. The number of rotatable bonds is 4. The Labute approximate surface area is 122 Å². The van der Waals surface area contributed by atoms with Crippen molar-refractivity contribution >= 4 is 11.3 Å². The molecule has 1 aromatic rings. The lowest BCUT2D eigenvalue weighted by Gasteiger charge is -2.37. The molecule has 2 unspecified atom stereocenters. The summed E-state index contributed by atoms with van der Waals surface area (Å²) in [7, 11) is 2.28. The standard InChI is InChI=1S/C16H28N2S/c1-12-10-11-19-16(12)15(13(2)17)18(3)14-8-6-4-5-7-9-14/h10-11,13-15H,4-9,17H2,1-3H3. The van der Waals surface area contributed by atoms with Crippen LogP contribution in [0.2, 0.25) is 0 Å². The van der Waals surface area contributed by atoms with Crippen LogP contribution in [0, 0.1) is 6.92 Å². The Hall–Kier alpha value is -0.380. The zero-order valence-electron chi connectivity index (χ0n) is 12.6. The number of thiophene rings is 1. The molecule has 19 heavy (non-hydrogen) atoms. The summed E-state index contributed by atoms with van der Waals surface area (Å²) in [5, 5.41) is 2.20. The van der Waals surface area contributed by atoms with Crippen molar-refractivity contribution in [3.8, 4) is 0 Å². The van der Waals surface area contributed by atoms with Crippen molar-refractivity contribution < 1.29 is 0 Å². The summed E-state index contributed by atoms with van der Waals surface area (Å²) < 4.78 is 0. The highest BCUT2D eigenvalue weighted by molar-refractivity contribution is 7.10. The van der Waals surface area contributed by atoms with E-state index in [2.05, 4.69) is 37.2 Å². The highest BCUT2D eigenvalue weighted by atomic mass is 32.1. The van der Waals surface area contributed by atoms with Gasteiger partial charge in [0.1, 0.15) is 0 Å². The molecule has 2 rings (SSSR count). The number of likely N-dealkylation sites (N-methyl/N-ethyl adjacent to an activating group) is 1. The van der Waals surface area contributed by atoms with Gasteiger partial charge in [-0.1, -0.05) is 25.7 Å². The van der Waals surface area contributed by atoms with E-state index in [9.17, 15) is 0 Å². The maximum Gasteiger partial charge on any atom is 0.0593 e. The van der Waals surface area contributed by atoms with Crippen LogP contribution in [0.15, 0.2) is 11.4 Å². The van der Waals surface area contributed by atoms with Gasteiger partial charge in [0.2, 0.25) is 0 Å². The number of nitrogens with zero attached hydrogens (tertiary/aromatic N) is 1. The topological polar surface area (TPSA) is 29.3 Å². The van der Waals surface area contributed by atoms with Gasteiger partial charge in [0.25, 0.3) is 0 Å². The zero-order chi connectivity index (χ0) is 13.8. The lowest BCUT2D eigenvalue weighted by atomic mass is 9.99. The van der Waals surface area contributed by atoms with Gasteiger partial charge in [-0.15, -0.1) is 11.3 Å². The van der Waals surface area contributed by atoms with Crippen LogP contribution in [0.3, 0.4) is 0 Å². The van der Waals surface area contributed by atoms with E-state index in [-0.39, 0.29) is 6.04 Å². The van der Waals surface area contributed by atoms with E-state index >= 15 is 0 Å². The van der Waals surface area contributed by atoms with E-state index in [0.29, 0.717) is 12.1 Å². The molecule has 1 fully saturated rings. The Morgan fingerprint density at radius 2 is 1.89 bits per heavy atom. The lowest BCUT2D eigenvalue weighted by Crippen LogP contribution is -2.42. The van der Waals surface area contributed by atoms with Crippen molar-refractivity contribution in [3.05, 3.63) is 21.9 Å². The van der Waals surface area contributed by atoms with Gasteiger partial charge < -0.3 is 5.73 Å². The van der Waals surface area contributed by atoms with Gasteiger partial charge in [-0.3, -0.25) is 4.90 Å². The van der Waals surface area contributed by atoms with E-state index in [1.807, 2.05) is 11.3 Å². The minimum absolute atomic E-state index is 0.186. The molecule has 108 valence electrons. The molecule has 0 spiro atoms. The fraction of sp³-hybridized carbons (Fsp3) is 0.750. The summed E-state index contributed by atoms with van der Waals surface area (Å²) in [6, 6.07) is 3.49. The third-order valence-electron chi connectivity index (χ3n) is 4.51. The van der Waals surface area contributed by atoms with Gasteiger partial charge >= 0.3 is 0 Å². The lowest BCUT2D eigenvalue weighted by molar-refractivity contribution is 0.143. The van der Waals surface area contributed by atoms with Crippen LogP contribution in [-0.4, -0.2) is 24.0 Å². The largest absolute Gasteiger partial charge is 0.326 e. The second-order valence-corrected chi connectivity index (χ2v) is 7.03. The van der Waals surface area contributed by atoms with E-state index in [4.69, 9.17) is 5.73 Å². The van der Waals surface area contributed by atoms with Crippen molar-refractivity contribution in [2.24, 2.45) is 5.73 Å². The third kappa shape index (κ3) is 3.59. The van der Waals surface area contributed by atoms with Crippen LogP contribution in [0.4, 0.5) is 0 Å². The molecule has 1 saturated carbocycles. The summed E-state index contributed by atoms with van der Waals surface area (Å²) in [4.78, 5) is 4.02. The van der Waals surface area contributed by atoms with Gasteiger partial charge in [0.15, 0.2) is 0 Å². The molecule has 0 amide bonds. The van der Waals surface area contributed by atoms with Crippen molar-refractivity contribution in [3.63, 3.8) is 0 Å². The SMILES string of the molecule is Cc1ccsc1C(C(C)N)N(C)C1CCCCCC1. The van der Waals surface area contributed by atoms with Crippen molar-refractivity contribution in [2.75, 3.05) is 7.05 Å². The van der Waals surface area contributed by atoms with Crippen LogP contribution in [0.5, 0.6) is 0 Å². The van der Waals surface area contributed by atoms with Gasteiger partial charge in [-0.25, -0.2) is 0 Å². The first kappa shape index (κ1) is 15.0. The predicted octanol–water partition coefficient (Wildman–Crippen LogP) is 4.10. The van der Waals surface area contributed by atoms with Crippen LogP contribution < -0.4 is 5.73 Å². The first-order chi connectivity index (χ1) is 9.11. The molecule has 2 atom stereocenters. The molecular weight excluding hydrogens is 252 g/mol. The molecule has 1 heterocycles. The van der Waals surface area contributed by atoms with Crippen molar-refractivity contribution in [1.29, 1.82) is 0 Å². The molecule has 1 aromatic heterocycles. The summed E-state index contributed by atoms with van der Waals surface area (Å²) in [6.45, 7) is 4.36. The summed E-state index contributed by atoms with van der Waals surface area (Å²) in [5.41, 5.74) is 7.70. The van der Waals surface area contributed by atoms with Crippen molar-refractivity contribution in [1.82, 2.24) is 4.90 Å². The average Bonchev–Trinajstić information content (AvgIpc) is 2.66. The Bertz CT molecular complexity index is 378. The number of nitrogens with two attached hydrogens (primary N) is 1. The minimum Gasteiger partial charge on any atom is -0.326 e. The summed E-state index contributed by atoms with van der Waals surface area (Å²) in [5.74, 6) is 0. The second kappa shape index (κ2) is 6.87. The highest BCUT2D eigenvalue weighted by Crippen LogP contribution is 2.34. The number of hydrogen-bond acceptors (Lipinski definition) is 3. The molecule has 2 nitrogen and oxygen atoms in total. The molecule has 0 saturated heterocycles. The zero-order valence-corrected chi connectivity index (χ0v) is 13.4. The molecule has 2 N–H and O–H groups in total. The molecule has 0 bridgehead atoms. The van der Waals surface area contributed by atoms with Crippen molar-refractivity contribution in [2.45, 2.75) is 70.5 Å². The average molecular weight is 280 g/mol. The summed E-state index contributed by atoms with van der Waals surface area (Å²) in [6.07, 6.45) is 8.25. The maximum absolute atomic E-state index is 6.31. The first-order valence-corrected chi connectivity index (χ1v) is 8.50. The fourth-order valence-electron chi connectivity index (χ4n) is 3.37. The Morgan fingerprint density at radius 3 is 2.37 bits per heavy atom. The highest BCUT2D eigenvalue weighted by Gasteiger charge is 2.29. The fourth-order valence-corrected chi connectivity index (χ4v) is 4.57. The molecule has 0 aliphatic heterocycles. The van der Waals surface area contributed by atoms with E-state index in [1.165, 1.54) is 49.0 Å². The van der Waals surface area contributed by atoms with Crippen LogP contribution in [0.1, 0.15) is 61.9 Å². The Kier molecular flexibility index (Phi) is 5.43. The third-order valence-corrected chi connectivity index (χ3v) is 5.60. The number of hydrogen-bond donors (Lipinski definition) is 1. The van der Waals surface area contributed by atoms with E-state index in [1.54, 1.807) is 0 Å². The normalized spacial score (nSPS) is 21.3. The predicted molar refractivity (Wildman–Crippen MR) is 84.7 cm³/mol. The van der Waals surface area contributed by atoms with Crippen LogP contribution in [-0.2, 0) is 0 Å². The minimum atomic E-state index is 0.186. The second-order valence-electron chi connectivity index (χ2n) is 6.08. The monoisotopic (exact) mass is 280 g/mol. The van der Waals surface area contributed by atoms with Crippen LogP contribution in [0.25, 0.3) is 0 Å². The smallest absolute Gasteiger partial charge is 0.0593 e. The molecular formula is C16H28N2S. The quantitative estimate of drug-likeness (QED) is 0.841. The van der Waals surface area contributed by atoms with E-state index < -0.39 is 0 Å². The Morgan fingerprint density at radius 1 is 1.26 bits per heavy atom. The molecule has 3 heteroatoms. The van der Waals surface area contributed by atoms with Gasteiger partial charge in [-0.2, -0.15) is 0 Å².